The van der Waals surface area contributed by atoms with Crippen LogP contribution in [-0.4, -0.2) is 22.1 Å². The predicted octanol–water partition coefficient (Wildman–Crippen LogP) is 0.0716. The average molecular weight is 181 g/mol. The third kappa shape index (κ3) is 2.44. The van der Waals surface area contributed by atoms with Crippen LogP contribution in [0, 0.1) is 0 Å². The first kappa shape index (κ1) is 8.98. The highest BCUT2D eigenvalue weighted by Crippen LogP contribution is 1.99. The molecule has 0 aliphatic heterocycles. The molecule has 6 nitrogen and oxygen atoms in total. The molecule has 0 unspecified atom stereocenters. The molecule has 1 rings (SSSR count). The number of anilines is 1. The van der Waals surface area contributed by atoms with E-state index in [0.29, 0.717) is 0 Å². The quantitative estimate of drug-likeness (QED) is 0.568. The van der Waals surface area contributed by atoms with Crippen molar-refractivity contribution in [3.63, 3.8) is 0 Å². The summed E-state index contributed by atoms with van der Waals surface area (Å²) in [7, 11) is 0. The Bertz CT molecular complexity index is 351. The Hall–Kier alpha value is -2.11. The lowest BCUT2D eigenvalue weighted by atomic mass is 10.3. The number of hydrogen-bond acceptors (Lipinski definition) is 4. The highest BCUT2D eigenvalue weighted by atomic mass is 16.4. The zero-order valence-electron chi connectivity index (χ0n) is 6.52. The number of amides is 2. The van der Waals surface area contributed by atoms with E-state index < -0.39 is 12.0 Å². The van der Waals surface area contributed by atoms with E-state index in [1.54, 1.807) is 5.32 Å². The van der Waals surface area contributed by atoms with E-state index in [-0.39, 0.29) is 11.5 Å². The average Bonchev–Trinajstić information content (AvgIpc) is 2.03. The van der Waals surface area contributed by atoms with Crippen molar-refractivity contribution in [3.05, 3.63) is 23.9 Å². The summed E-state index contributed by atoms with van der Waals surface area (Å²) in [4.78, 5) is 24.7. The summed E-state index contributed by atoms with van der Waals surface area (Å²) in [5.74, 6) is -0.627. The van der Waals surface area contributed by atoms with Crippen molar-refractivity contribution in [2.75, 3.05) is 5.73 Å². The van der Waals surface area contributed by atoms with Crippen molar-refractivity contribution < 1.29 is 14.7 Å². The van der Waals surface area contributed by atoms with Crippen molar-refractivity contribution in [2.45, 2.75) is 0 Å². The number of rotatable bonds is 1. The minimum Gasteiger partial charge on any atom is -0.465 e. The first-order valence-corrected chi connectivity index (χ1v) is 3.36. The molecule has 0 fully saturated rings. The Morgan fingerprint density at radius 3 is 2.69 bits per heavy atom. The van der Waals surface area contributed by atoms with E-state index in [4.69, 9.17) is 10.8 Å². The number of nitrogen functional groups attached to an aromatic ring is 1. The maximum atomic E-state index is 11.0. The molecule has 2 amide bonds. The highest BCUT2D eigenvalue weighted by Gasteiger charge is 2.09. The second-order valence-electron chi connectivity index (χ2n) is 2.21. The van der Waals surface area contributed by atoms with E-state index in [9.17, 15) is 9.59 Å². The zero-order chi connectivity index (χ0) is 9.84. The van der Waals surface area contributed by atoms with Crippen LogP contribution in [0.1, 0.15) is 10.5 Å². The Balaban J connectivity index is 2.83. The van der Waals surface area contributed by atoms with E-state index in [1.807, 2.05) is 0 Å². The van der Waals surface area contributed by atoms with E-state index in [2.05, 4.69) is 4.98 Å². The molecule has 68 valence electrons. The Kier molecular flexibility index (Phi) is 2.44. The number of nitrogens with two attached hydrogens (primary N) is 1. The molecule has 0 spiro atoms. The molecule has 0 aromatic carbocycles. The van der Waals surface area contributed by atoms with Gasteiger partial charge in [-0.2, -0.15) is 0 Å². The van der Waals surface area contributed by atoms with Crippen LogP contribution in [0.4, 0.5) is 10.6 Å². The molecule has 6 heteroatoms. The van der Waals surface area contributed by atoms with Crippen molar-refractivity contribution in [1.29, 1.82) is 0 Å². The molecule has 13 heavy (non-hydrogen) atoms. The maximum absolute atomic E-state index is 11.0. The highest BCUT2D eigenvalue weighted by molar-refractivity contribution is 6.01. The minimum atomic E-state index is -1.42. The van der Waals surface area contributed by atoms with Crippen LogP contribution in [0.25, 0.3) is 0 Å². The first-order chi connectivity index (χ1) is 6.09. The topological polar surface area (TPSA) is 105 Å². The molecule has 1 aromatic heterocycles. The minimum absolute atomic E-state index is 0.0256. The third-order valence-corrected chi connectivity index (χ3v) is 1.22. The summed E-state index contributed by atoms with van der Waals surface area (Å²) in [6, 6.07) is 4.38. The summed E-state index contributed by atoms with van der Waals surface area (Å²) < 4.78 is 0. The molecule has 0 atom stereocenters. The zero-order valence-corrected chi connectivity index (χ0v) is 6.52. The van der Waals surface area contributed by atoms with Crippen molar-refractivity contribution >= 4 is 17.8 Å². The van der Waals surface area contributed by atoms with Gasteiger partial charge in [0.1, 0.15) is 11.5 Å². The second kappa shape index (κ2) is 3.53. The lowest BCUT2D eigenvalue weighted by molar-refractivity contribution is 0.0943. The summed E-state index contributed by atoms with van der Waals surface area (Å²) >= 11 is 0. The standard InChI is InChI=1S/C7H7N3O3/c8-5-3-1-2-4(9-5)6(11)10-7(12)13/h1-3H,(H2,8,9)(H,10,11)(H,12,13). The lowest BCUT2D eigenvalue weighted by Crippen LogP contribution is -2.29. The monoisotopic (exact) mass is 181 g/mol. The molecule has 0 saturated carbocycles. The van der Waals surface area contributed by atoms with Crippen LogP contribution in [0.2, 0.25) is 0 Å². The fourth-order valence-electron chi connectivity index (χ4n) is 0.739. The largest absolute Gasteiger partial charge is 0.465 e. The van der Waals surface area contributed by atoms with Crippen LogP contribution in [0.5, 0.6) is 0 Å². The molecular formula is C7H7N3O3. The number of hydrogen-bond donors (Lipinski definition) is 3. The van der Waals surface area contributed by atoms with Crippen LogP contribution >= 0.6 is 0 Å². The number of nitrogens with zero attached hydrogens (tertiary/aromatic N) is 1. The smallest absolute Gasteiger partial charge is 0.411 e. The number of aromatic nitrogens is 1. The van der Waals surface area contributed by atoms with Gasteiger partial charge in [-0.1, -0.05) is 6.07 Å². The number of carbonyl (C=O) groups is 2. The van der Waals surface area contributed by atoms with Crippen LogP contribution in [-0.2, 0) is 0 Å². The van der Waals surface area contributed by atoms with Gasteiger partial charge < -0.3 is 10.8 Å². The molecule has 1 heterocycles. The number of nitrogens with one attached hydrogen (secondary N) is 1. The van der Waals surface area contributed by atoms with E-state index in [0.717, 1.165) is 0 Å². The van der Waals surface area contributed by atoms with Crippen LogP contribution in [0.15, 0.2) is 18.2 Å². The molecule has 0 bridgehead atoms. The van der Waals surface area contributed by atoms with Crippen LogP contribution in [0.3, 0.4) is 0 Å². The molecule has 0 aliphatic carbocycles. The molecule has 4 N–H and O–H groups in total. The van der Waals surface area contributed by atoms with Gasteiger partial charge in [-0.15, -0.1) is 0 Å². The molecular weight excluding hydrogens is 174 g/mol. The van der Waals surface area contributed by atoms with Crippen LogP contribution < -0.4 is 11.1 Å². The lowest BCUT2D eigenvalue weighted by Gasteiger charge is -1.99. The number of imide groups is 1. The molecule has 0 aliphatic rings. The predicted molar refractivity (Wildman–Crippen MR) is 44.1 cm³/mol. The summed E-state index contributed by atoms with van der Waals surface area (Å²) in [5, 5.41) is 9.87. The molecule has 0 saturated heterocycles. The third-order valence-electron chi connectivity index (χ3n) is 1.22. The van der Waals surface area contributed by atoms with E-state index in [1.165, 1.54) is 18.2 Å². The van der Waals surface area contributed by atoms with Gasteiger partial charge in [0, 0.05) is 0 Å². The summed E-state index contributed by atoms with van der Waals surface area (Å²) in [5.41, 5.74) is 5.26. The Labute approximate surface area is 73.4 Å². The van der Waals surface area contributed by atoms with Gasteiger partial charge >= 0.3 is 6.09 Å². The number of carbonyl (C=O) groups excluding carboxylic acids is 1. The van der Waals surface area contributed by atoms with Gasteiger partial charge in [0.25, 0.3) is 5.91 Å². The van der Waals surface area contributed by atoms with Gasteiger partial charge in [-0.25, -0.2) is 9.78 Å². The van der Waals surface area contributed by atoms with Crippen molar-refractivity contribution in [3.8, 4) is 0 Å². The van der Waals surface area contributed by atoms with E-state index >= 15 is 0 Å². The Morgan fingerprint density at radius 2 is 2.15 bits per heavy atom. The van der Waals surface area contributed by atoms with Crippen molar-refractivity contribution in [1.82, 2.24) is 10.3 Å². The number of carboxylic acid groups (broad SMARTS) is 1. The van der Waals surface area contributed by atoms with Gasteiger partial charge in [0.15, 0.2) is 0 Å². The SMILES string of the molecule is Nc1cccc(C(=O)NC(=O)O)n1. The molecule has 1 aromatic rings. The normalized spacial score (nSPS) is 9.23. The van der Waals surface area contributed by atoms with Gasteiger partial charge in [0.2, 0.25) is 0 Å². The fourth-order valence-corrected chi connectivity index (χ4v) is 0.739. The van der Waals surface area contributed by atoms with Gasteiger partial charge in [-0.05, 0) is 12.1 Å². The Morgan fingerprint density at radius 1 is 1.46 bits per heavy atom. The fraction of sp³-hybridized carbons (Fsp3) is 0. The van der Waals surface area contributed by atoms with Gasteiger partial charge in [-0.3, -0.25) is 10.1 Å². The second-order valence-corrected chi connectivity index (χ2v) is 2.21. The van der Waals surface area contributed by atoms with Gasteiger partial charge in [0.05, 0.1) is 0 Å². The number of pyridine rings is 1. The summed E-state index contributed by atoms with van der Waals surface area (Å²) in [6.07, 6.45) is -1.42. The molecule has 0 radical (unpaired) electrons. The first-order valence-electron chi connectivity index (χ1n) is 3.36. The van der Waals surface area contributed by atoms with Crippen molar-refractivity contribution in [2.24, 2.45) is 0 Å². The summed E-state index contributed by atoms with van der Waals surface area (Å²) in [6.45, 7) is 0. The maximum Gasteiger partial charge on any atom is 0.411 e.